The van der Waals surface area contributed by atoms with Crippen LogP contribution in [-0.4, -0.2) is 24.3 Å². The van der Waals surface area contributed by atoms with Crippen molar-refractivity contribution >= 4 is 5.97 Å². The van der Waals surface area contributed by atoms with E-state index >= 15 is 0 Å². The molecule has 194 valence electrons. The average molecular weight is 473 g/mol. The van der Waals surface area contributed by atoms with E-state index in [-0.39, 0.29) is 28.3 Å². The maximum absolute atomic E-state index is 13.4. The summed E-state index contributed by atoms with van der Waals surface area (Å²) >= 11 is 0. The van der Waals surface area contributed by atoms with Crippen molar-refractivity contribution in [2.75, 3.05) is 7.11 Å². The Morgan fingerprint density at radius 2 is 1.53 bits per heavy atom. The number of esters is 1. The summed E-state index contributed by atoms with van der Waals surface area (Å²) in [4.78, 5) is 13.4. The molecule has 0 aromatic carbocycles. The molecule has 5 saturated carbocycles. The van der Waals surface area contributed by atoms with E-state index in [4.69, 9.17) is 4.74 Å². The zero-order chi connectivity index (χ0) is 24.9. The van der Waals surface area contributed by atoms with Gasteiger partial charge in [-0.2, -0.15) is 0 Å². The van der Waals surface area contributed by atoms with Crippen LogP contribution < -0.4 is 0 Å². The van der Waals surface area contributed by atoms with Gasteiger partial charge in [-0.1, -0.05) is 48.5 Å². The molecule has 0 aromatic heterocycles. The van der Waals surface area contributed by atoms with Crippen molar-refractivity contribution < 1.29 is 14.6 Å². The highest BCUT2D eigenvalue weighted by Gasteiger charge is 2.72. The minimum atomic E-state index is -0.241. The second-order valence-electron chi connectivity index (χ2n) is 15.2. The van der Waals surface area contributed by atoms with Crippen molar-refractivity contribution in [3.63, 3.8) is 0 Å². The molecule has 0 radical (unpaired) electrons. The van der Waals surface area contributed by atoms with Gasteiger partial charge in [-0.25, -0.2) is 0 Å². The lowest BCUT2D eigenvalue weighted by molar-refractivity contribution is -0.249. The van der Waals surface area contributed by atoms with E-state index in [1.54, 1.807) is 7.11 Å². The number of ether oxygens (including phenoxy) is 1. The van der Waals surface area contributed by atoms with Gasteiger partial charge < -0.3 is 9.84 Å². The van der Waals surface area contributed by atoms with E-state index in [0.717, 1.165) is 25.2 Å². The Morgan fingerprint density at radius 3 is 2.18 bits per heavy atom. The first-order chi connectivity index (χ1) is 15.8. The first kappa shape index (κ1) is 25.1. The SMILES string of the molecule is COC(=O)[C@]12CC[C@@H](C(C)C)[C@@H]1[C@H]1CC[C@@H]3[C@@]4(C)CC[C@H](O)C(C)(C)[C@@H]4CC[C@@]3(C)[C@]1(C)CC2. The maximum atomic E-state index is 13.4. The van der Waals surface area contributed by atoms with Gasteiger partial charge in [0.2, 0.25) is 0 Å². The van der Waals surface area contributed by atoms with E-state index in [1.165, 1.54) is 44.9 Å². The summed E-state index contributed by atoms with van der Waals surface area (Å²) in [5.41, 5.74) is 0.672. The van der Waals surface area contributed by atoms with Gasteiger partial charge in [0.05, 0.1) is 18.6 Å². The predicted octanol–water partition coefficient (Wildman–Crippen LogP) is 7.26. The van der Waals surface area contributed by atoms with Crippen molar-refractivity contribution in [2.24, 2.45) is 62.6 Å². The number of carbonyl (C=O) groups excluding carboxylic acids is 1. The normalized spacial score (nSPS) is 53.9. The van der Waals surface area contributed by atoms with Crippen LogP contribution in [-0.2, 0) is 9.53 Å². The van der Waals surface area contributed by atoms with Gasteiger partial charge >= 0.3 is 5.97 Å². The lowest BCUT2D eigenvalue weighted by atomic mass is 9.32. The first-order valence-corrected chi connectivity index (χ1v) is 14.6. The minimum Gasteiger partial charge on any atom is -0.469 e. The summed E-state index contributed by atoms with van der Waals surface area (Å²) in [5.74, 6) is 3.78. The third-order valence-corrected chi connectivity index (χ3v) is 13.9. The van der Waals surface area contributed by atoms with Crippen molar-refractivity contribution in [2.45, 2.75) is 119 Å². The summed E-state index contributed by atoms with van der Waals surface area (Å²) in [5, 5.41) is 10.9. The van der Waals surface area contributed by atoms with Crippen molar-refractivity contribution in [3.8, 4) is 0 Å². The molecular formula is C31H52O3. The van der Waals surface area contributed by atoms with Crippen LogP contribution >= 0.6 is 0 Å². The molecule has 0 spiro atoms. The van der Waals surface area contributed by atoms with Gasteiger partial charge in [-0.15, -0.1) is 0 Å². The Hall–Kier alpha value is -0.570. The second-order valence-corrected chi connectivity index (χ2v) is 15.2. The van der Waals surface area contributed by atoms with Crippen LogP contribution in [0.1, 0.15) is 113 Å². The fourth-order valence-electron chi connectivity index (χ4n) is 11.9. The number of carbonyl (C=O) groups is 1. The number of fused-ring (bicyclic) bond motifs is 7. The highest BCUT2D eigenvalue weighted by molar-refractivity contribution is 5.78. The Morgan fingerprint density at radius 1 is 0.824 bits per heavy atom. The van der Waals surface area contributed by atoms with Gasteiger partial charge in [0.15, 0.2) is 0 Å². The molecule has 5 fully saturated rings. The monoisotopic (exact) mass is 472 g/mol. The number of rotatable bonds is 2. The Labute approximate surface area is 209 Å². The molecule has 0 heterocycles. The number of hydrogen-bond donors (Lipinski definition) is 1. The van der Waals surface area contributed by atoms with Crippen molar-refractivity contribution in [1.82, 2.24) is 0 Å². The maximum Gasteiger partial charge on any atom is 0.312 e. The number of methoxy groups -OCH3 is 1. The van der Waals surface area contributed by atoms with E-state index in [0.29, 0.717) is 40.4 Å². The largest absolute Gasteiger partial charge is 0.469 e. The van der Waals surface area contributed by atoms with Gasteiger partial charge in [0, 0.05) is 0 Å². The molecule has 0 aliphatic heterocycles. The van der Waals surface area contributed by atoms with Crippen LogP contribution in [0.25, 0.3) is 0 Å². The quantitative estimate of drug-likeness (QED) is 0.430. The van der Waals surface area contributed by atoms with Crippen molar-refractivity contribution in [1.29, 1.82) is 0 Å². The standard InChI is InChI=1S/C31H52O3/c1-19(2)20-11-16-31(26(33)34-8)18-17-29(6)21(25(20)31)9-10-23-28(5)14-13-24(32)27(3,4)22(28)12-15-30(23,29)7/h19-25,32H,9-18H2,1-8H3/t20-,21+,22-,23+,24-,25+,28-,29+,30+,31-/m0/s1. The van der Waals surface area contributed by atoms with Crippen LogP contribution in [0.4, 0.5) is 0 Å². The number of aliphatic hydroxyl groups excluding tert-OH is 1. The summed E-state index contributed by atoms with van der Waals surface area (Å²) in [6.45, 7) is 17.4. The molecule has 5 aliphatic carbocycles. The fourth-order valence-corrected chi connectivity index (χ4v) is 11.9. The summed E-state index contributed by atoms with van der Waals surface area (Å²) in [6.07, 6.45) is 11.5. The van der Waals surface area contributed by atoms with E-state index in [1.807, 2.05) is 0 Å². The average Bonchev–Trinajstić information content (AvgIpc) is 3.18. The molecule has 10 atom stereocenters. The summed E-state index contributed by atoms with van der Waals surface area (Å²) in [6, 6.07) is 0. The molecule has 0 unspecified atom stereocenters. The molecular weight excluding hydrogens is 420 g/mol. The van der Waals surface area contributed by atoms with E-state index in [9.17, 15) is 9.90 Å². The summed E-state index contributed by atoms with van der Waals surface area (Å²) in [7, 11) is 1.62. The Bertz CT molecular complexity index is 833. The molecule has 0 saturated heterocycles. The Kier molecular flexibility index (Phi) is 5.70. The molecule has 5 aliphatic rings. The van der Waals surface area contributed by atoms with Gasteiger partial charge in [-0.05, 0) is 121 Å². The smallest absolute Gasteiger partial charge is 0.312 e. The fraction of sp³-hybridized carbons (Fsp3) is 0.968. The van der Waals surface area contributed by atoms with Crippen LogP contribution in [0.2, 0.25) is 0 Å². The van der Waals surface area contributed by atoms with Crippen LogP contribution in [0.15, 0.2) is 0 Å². The summed E-state index contributed by atoms with van der Waals surface area (Å²) < 4.78 is 5.52. The van der Waals surface area contributed by atoms with Gasteiger partial charge in [0.1, 0.15) is 0 Å². The first-order valence-electron chi connectivity index (χ1n) is 14.6. The topological polar surface area (TPSA) is 46.5 Å². The van der Waals surface area contributed by atoms with E-state index < -0.39 is 0 Å². The highest BCUT2D eigenvalue weighted by atomic mass is 16.5. The van der Waals surface area contributed by atoms with Crippen LogP contribution in [0.5, 0.6) is 0 Å². The zero-order valence-corrected chi connectivity index (χ0v) is 23.4. The van der Waals surface area contributed by atoms with Crippen LogP contribution in [0.3, 0.4) is 0 Å². The predicted molar refractivity (Wildman–Crippen MR) is 137 cm³/mol. The number of aliphatic hydroxyl groups is 1. The van der Waals surface area contributed by atoms with Crippen molar-refractivity contribution in [3.05, 3.63) is 0 Å². The molecule has 34 heavy (non-hydrogen) atoms. The third-order valence-electron chi connectivity index (χ3n) is 13.9. The second kappa shape index (κ2) is 7.72. The minimum absolute atomic E-state index is 0.00682. The lowest BCUT2D eigenvalue weighted by Crippen LogP contribution is -2.67. The zero-order valence-electron chi connectivity index (χ0n) is 23.4. The molecule has 5 rings (SSSR count). The molecule has 0 aromatic rings. The molecule has 0 amide bonds. The Balaban J connectivity index is 1.56. The highest BCUT2D eigenvalue weighted by Crippen LogP contribution is 2.77. The van der Waals surface area contributed by atoms with Crippen LogP contribution in [0, 0.1) is 62.6 Å². The van der Waals surface area contributed by atoms with E-state index in [2.05, 4.69) is 48.5 Å². The lowest BCUT2D eigenvalue weighted by Gasteiger charge is -2.72. The number of hydrogen-bond acceptors (Lipinski definition) is 3. The molecule has 1 N–H and O–H groups in total. The third kappa shape index (κ3) is 2.89. The molecule has 3 nitrogen and oxygen atoms in total. The van der Waals surface area contributed by atoms with Gasteiger partial charge in [0.25, 0.3) is 0 Å². The molecule has 3 heteroatoms. The molecule has 0 bridgehead atoms. The van der Waals surface area contributed by atoms with Gasteiger partial charge in [-0.3, -0.25) is 4.79 Å².